The highest BCUT2D eigenvalue weighted by Crippen LogP contribution is 2.57. The minimum atomic E-state index is -1.13. The fourth-order valence-corrected chi connectivity index (χ4v) is 5.75. The van der Waals surface area contributed by atoms with Crippen molar-refractivity contribution in [2.75, 3.05) is 17.3 Å². The molecular weight excluding hydrogens is 520 g/mol. The number of rotatable bonds is 4. The molecule has 0 aromatic heterocycles. The lowest BCUT2D eigenvalue weighted by Crippen LogP contribution is -2.33. The van der Waals surface area contributed by atoms with Crippen molar-refractivity contribution >= 4 is 28.7 Å². The number of esters is 1. The van der Waals surface area contributed by atoms with Crippen molar-refractivity contribution in [1.82, 2.24) is 0 Å². The Morgan fingerprint density at radius 2 is 1.36 bits per heavy atom. The van der Waals surface area contributed by atoms with Crippen LogP contribution in [0.25, 0.3) is 0 Å². The molecule has 0 bridgehead atoms. The van der Waals surface area contributed by atoms with Gasteiger partial charge in [-0.05, 0) is 74.0 Å². The number of para-hydroxylation sites is 1. The minimum Gasteiger partial charge on any atom is -0.456 e. The molecule has 2 aliphatic heterocycles. The summed E-state index contributed by atoms with van der Waals surface area (Å²) in [5.74, 6) is 0.994. The van der Waals surface area contributed by atoms with E-state index in [4.69, 9.17) is 9.47 Å². The molecule has 210 valence electrons. The van der Waals surface area contributed by atoms with Gasteiger partial charge in [0.15, 0.2) is 5.60 Å². The van der Waals surface area contributed by atoms with E-state index < -0.39 is 5.60 Å². The molecule has 5 heteroatoms. The van der Waals surface area contributed by atoms with E-state index in [1.807, 2.05) is 101 Å². The van der Waals surface area contributed by atoms with Gasteiger partial charge in [0, 0.05) is 52.6 Å². The van der Waals surface area contributed by atoms with Crippen molar-refractivity contribution in [2.45, 2.75) is 33.3 Å². The minimum absolute atomic E-state index is 0.339. The van der Waals surface area contributed by atoms with Gasteiger partial charge in [-0.2, -0.15) is 0 Å². The predicted octanol–water partition coefficient (Wildman–Crippen LogP) is 9.41. The number of anilines is 4. The average molecular weight is 555 g/mol. The van der Waals surface area contributed by atoms with Gasteiger partial charge in [0.1, 0.15) is 11.5 Å². The molecule has 5 aromatic carbocycles. The van der Waals surface area contributed by atoms with E-state index in [1.54, 1.807) is 0 Å². The van der Waals surface area contributed by atoms with Gasteiger partial charge in [-0.1, -0.05) is 67.9 Å². The maximum Gasteiger partial charge on any atom is 0.340 e. The largest absolute Gasteiger partial charge is 0.456 e. The van der Waals surface area contributed by atoms with Crippen LogP contribution in [0.2, 0.25) is 0 Å². The average Bonchev–Trinajstić information content (AvgIpc) is 3.32. The van der Waals surface area contributed by atoms with Crippen molar-refractivity contribution < 1.29 is 14.3 Å². The van der Waals surface area contributed by atoms with E-state index in [9.17, 15) is 4.79 Å². The quantitative estimate of drug-likeness (QED) is 0.224. The molecule has 5 aromatic rings. The Morgan fingerprint density at radius 1 is 0.690 bits per heavy atom. The lowest BCUT2D eigenvalue weighted by molar-refractivity contribution is 0.0224. The summed E-state index contributed by atoms with van der Waals surface area (Å²) in [6.45, 7) is 8.13. The van der Waals surface area contributed by atoms with Gasteiger partial charge in [0.2, 0.25) is 0 Å². The number of nitrogens with one attached hydrogen (secondary N) is 1. The van der Waals surface area contributed by atoms with E-state index in [2.05, 4.69) is 53.5 Å². The third-order valence-corrected chi connectivity index (χ3v) is 7.90. The third kappa shape index (κ3) is 4.38. The summed E-state index contributed by atoms with van der Waals surface area (Å²) >= 11 is 0. The Morgan fingerprint density at radius 3 is 2.12 bits per heavy atom. The van der Waals surface area contributed by atoms with Crippen molar-refractivity contribution in [3.05, 3.63) is 143 Å². The maximum absolute atomic E-state index is 13.3. The lowest BCUT2D eigenvalue weighted by Gasteiger charge is -2.37. The summed E-state index contributed by atoms with van der Waals surface area (Å²) in [4.78, 5) is 15.4. The molecule has 2 aliphatic rings. The first-order chi connectivity index (χ1) is 20.4. The Bertz CT molecular complexity index is 1780. The Labute approximate surface area is 247 Å². The number of ether oxygens (including phenoxy) is 2. The molecule has 0 amide bonds. The highest BCUT2D eigenvalue weighted by atomic mass is 16.6. The molecule has 0 radical (unpaired) electrons. The first-order valence-electron chi connectivity index (χ1n) is 14.4. The van der Waals surface area contributed by atoms with Gasteiger partial charge in [0.05, 0.1) is 5.56 Å². The Kier molecular flexibility index (Phi) is 6.95. The standard InChI is InChI=1S/C35H28N2O3.C2H6/c1-22-13-15-25(16-14-22)37(3)26-17-18-29-33(20-26)39-32-19-23(2)31(36-24-9-5-4-6-10-24)21-30(32)35(29)28-12-8-7-11-27(28)34(38)40-35;1-2/h4-21,36H,1-3H3;1-2H3. The number of hydrogen-bond donors (Lipinski definition) is 1. The number of nitrogens with zero attached hydrogens (tertiary/aromatic N) is 1. The van der Waals surface area contributed by atoms with Crippen LogP contribution in [0.1, 0.15) is 52.0 Å². The molecule has 1 unspecified atom stereocenters. The molecule has 1 spiro atoms. The van der Waals surface area contributed by atoms with Gasteiger partial charge in [-0.3, -0.25) is 0 Å². The smallest absolute Gasteiger partial charge is 0.340 e. The summed E-state index contributed by atoms with van der Waals surface area (Å²) in [7, 11) is 2.04. The van der Waals surface area contributed by atoms with Crippen LogP contribution in [-0.4, -0.2) is 13.0 Å². The highest BCUT2D eigenvalue weighted by molar-refractivity contribution is 5.97. The van der Waals surface area contributed by atoms with Gasteiger partial charge in [-0.15, -0.1) is 0 Å². The Hall–Kier alpha value is -5.03. The van der Waals surface area contributed by atoms with Gasteiger partial charge in [-0.25, -0.2) is 4.79 Å². The van der Waals surface area contributed by atoms with Crippen LogP contribution < -0.4 is 15.0 Å². The number of carbonyl (C=O) groups is 1. The van der Waals surface area contributed by atoms with Crippen molar-refractivity contribution in [2.24, 2.45) is 0 Å². The second-order valence-corrected chi connectivity index (χ2v) is 10.4. The van der Waals surface area contributed by atoms with Crippen LogP contribution in [0.3, 0.4) is 0 Å². The number of hydrogen-bond acceptors (Lipinski definition) is 5. The second kappa shape index (κ2) is 10.7. The summed E-state index contributed by atoms with van der Waals surface area (Å²) in [5.41, 5.74) is 8.03. The van der Waals surface area contributed by atoms with E-state index in [1.165, 1.54) is 5.56 Å². The van der Waals surface area contributed by atoms with Crippen molar-refractivity contribution in [1.29, 1.82) is 0 Å². The predicted molar refractivity (Wildman–Crippen MR) is 170 cm³/mol. The Balaban J connectivity index is 0.00000155. The fourth-order valence-electron chi connectivity index (χ4n) is 5.75. The zero-order valence-corrected chi connectivity index (χ0v) is 24.6. The molecule has 1 N–H and O–H groups in total. The van der Waals surface area contributed by atoms with Gasteiger partial charge in [0.25, 0.3) is 0 Å². The zero-order valence-electron chi connectivity index (χ0n) is 24.6. The first-order valence-corrected chi connectivity index (χ1v) is 14.4. The summed E-state index contributed by atoms with van der Waals surface area (Å²) in [6, 6.07) is 36.3. The van der Waals surface area contributed by atoms with Crippen LogP contribution in [0.15, 0.2) is 109 Å². The molecule has 1 atom stereocenters. The van der Waals surface area contributed by atoms with E-state index in [0.29, 0.717) is 17.1 Å². The third-order valence-electron chi connectivity index (χ3n) is 7.90. The fraction of sp³-hybridized carbons (Fsp3) is 0.162. The molecule has 7 rings (SSSR count). The van der Waals surface area contributed by atoms with Gasteiger partial charge >= 0.3 is 5.97 Å². The lowest BCUT2D eigenvalue weighted by atomic mass is 9.77. The molecule has 42 heavy (non-hydrogen) atoms. The summed E-state index contributed by atoms with van der Waals surface area (Å²) in [5, 5.41) is 3.53. The molecule has 0 fully saturated rings. The number of benzene rings is 5. The number of fused-ring (bicyclic) bond motifs is 6. The molecule has 0 aliphatic carbocycles. The number of aryl methyl sites for hydroxylation is 2. The zero-order chi connectivity index (χ0) is 29.4. The van der Waals surface area contributed by atoms with E-state index >= 15 is 0 Å². The number of carbonyl (C=O) groups excluding carboxylic acids is 1. The molecule has 5 nitrogen and oxygen atoms in total. The molecule has 2 heterocycles. The van der Waals surface area contributed by atoms with Crippen LogP contribution in [0.5, 0.6) is 11.5 Å². The SMILES string of the molecule is CC.Cc1ccc(N(C)c2ccc3c(c2)Oc2cc(C)c(Nc4ccccc4)cc2C32OC(=O)c3ccccc32)cc1. The van der Waals surface area contributed by atoms with Crippen LogP contribution in [0.4, 0.5) is 22.7 Å². The summed E-state index contributed by atoms with van der Waals surface area (Å²) < 4.78 is 13.0. The van der Waals surface area contributed by atoms with Gasteiger partial charge < -0.3 is 19.7 Å². The maximum atomic E-state index is 13.3. The monoisotopic (exact) mass is 554 g/mol. The molecule has 0 saturated carbocycles. The van der Waals surface area contributed by atoms with Crippen molar-refractivity contribution in [3.8, 4) is 11.5 Å². The van der Waals surface area contributed by atoms with Crippen LogP contribution in [0, 0.1) is 13.8 Å². The van der Waals surface area contributed by atoms with Crippen LogP contribution in [-0.2, 0) is 10.3 Å². The summed E-state index contributed by atoms with van der Waals surface area (Å²) in [6.07, 6.45) is 0. The highest BCUT2D eigenvalue weighted by Gasteiger charge is 2.53. The second-order valence-electron chi connectivity index (χ2n) is 10.4. The van der Waals surface area contributed by atoms with E-state index in [0.717, 1.165) is 45.0 Å². The normalized spacial score (nSPS) is 15.8. The first kappa shape index (κ1) is 27.2. The van der Waals surface area contributed by atoms with Crippen molar-refractivity contribution in [3.63, 3.8) is 0 Å². The van der Waals surface area contributed by atoms with Crippen LogP contribution >= 0.6 is 0 Å². The molecular formula is C37H34N2O3. The topological polar surface area (TPSA) is 50.8 Å². The van der Waals surface area contributed by atoms with E-state index in [-0.39, 0.29) is 5.97 Å². The molecule has 0 saturated heterocycles.